The second-order valence-corrected chi connectivity index (χ2v) is 28.2. The molecule has 0 amide bonds. The van der Waals surface area contributed by atoms with Crippen molar-refractivity contribution in [3.8, 4) is 79.4 Å². The van der Waals surface area contributed by atoms with E-state index in [1.54, 1.807) is 0 Å². The van der Waals surface area contributed by atoms with E-state index >= 15 is 0 Å². The molecular formula is C92H106N8O4+4. The van der Waals surface area contributed by atoms with E-state index in [-0.39, 0.29) is 22.3 Å². The van der Waals surface area contributed by atoms with Crippen molar-refractivity contribution in [3.63, 3.8) is 0 Å². The van der Waals surface area contributed by atoms with Gasteiger partial charge in [-0.15, -0.1) is 0 Å². The number of benzene rings is 7. The second kappa shape index (κ2) is 31.7. The molecule has 0 spiro atoms. The van der Waals surface area contributed by atoms with Crippen LogP contribution < -0.4 is 18.3 Å². The highest BCUT2D eigenvalue weighted by molar-refractivity contribution is 5.80. The van der Waals surface area contributed by atoms with Crippen molar-refractivity contribution >= 4 is 44.8 Å². The molecule has 0 fully saturated rings. The quantitative estimate of drug-likeness (QED) is 0.131. The lowest BCUT2D eigenvalue weighted by molar-refractivity contribution is -0.659. The fourth-order valence-electron chi connectivity index (χ4n) is 13.8. The Labute approximate surface area is 616 Å². The lowest BCUT2D eigenvalue weighted by atomic mass is 9.88. The summed E-state index contributed by atoms with van der Waals surface area (Å²) in [6, 6.07) is 57.3. The zero-order valence-electron chi connectivity index (χ0n) is 62.6. The van der Waals surface area contributed by atoms with E-state index in [0.717, 1.165) is 84.3 Å². The standard InChI is InChI=1S/C28H33N2O.C23H23N2O.C22H21N2O.C16H17N2O.3CH4/c1-16(2)21-10-9-11-22(17(3)4)26(21)27-29-24-12-13-25(30(8)28(24)31-27)23-15-18(5)14-19(6)20(23)7;1-14-6-8-18(9-7-14)22-24-20-10-11-21(25(5)23(20)26-22)19-13-15(2)12-16(3)17(19)4;1-14-12-15(2)16(3)18(13-14)20-11-10-19-22(24(20)4)25-21(23-19)17-8-6-5-7-9-17;1-10-5-11(2)12(3)13(6-10)15-7-14-16(8-18(15)4)19-9-17-14;;;/h9-17H,1-8H3;6-13H,1-5H3;5-13H,1-4H3;5-9H,1-4H3;3*1H4/q4*+1;;;. The predicted molar refractivity (Wildman–Crippen MR) is 429 cm³/mol. The maximum atomic E-state index is 6.48. The van der Waals surface area contributed by atoms with Crippen LogP contribution in [0.2, 0.25) is 0 Å². The molecule has 0 unspecified atom stereocenters. The van der Waals surface area contributed by atoms with Gasteiger partial charge < -0.3 is 17.7 Å². The van der Waals surface area contributed by atoms with E-state index in [4.69, 9.17) is 22.7 Å². The fraction of sp³-hybridized carbons (Fsp3) is 0.283. The maximum absolute atomic E-state index is 6.48. The number of fused-ring (bicyclic) bond motifs is 4. The Morgan fingerprint density at radius 2 is 0.692 bits per heavy atom. The van der Waals surface area contributed by atoms with Crippen LogP contribution in [0.4, 0.5) is 0 Å². The molecule has 12 heteroatoms. The number of hydrogen-bond donors (Lipinski definition) is 0. The normalized spacial score (nSPS) is 11.1. The summed E-state index contributed by atoms with van der Waals surface area (Å²) in [5, 5.41) is 0. The minimum absolute atomic E-state index is 0. The van der Waals surface area contributed by atoms with Gasteiger partial charge in [-0.1, -0.05) is 151 Å². The number of aryl methyl sites for hydroxylation is 13. The first-order valence-corrected chi connectivity index (χ1v) is 34.9. The van der Waals surface area contributed by atoms with Gasteiger partial charge >= 0.3 is 17.1 Å². The van der Waals surface area contributed by atoms with Gasteiger partial charge in [0.25, 0.3) is 0 Å². The van der Waals surface area contributed by atoms with Crippen molar-refractivity contribution in [2.24, 2.45) is 28.2 Å². The molecule has 12 nitrogen and oxygen atoms in total. The van der Waals surface area contributed by atoms with Crippen molar-refractivity contribution in [1.29, 1.82) is 0 Å². The Morgan fingerprint density at radius 1 is 0.337 bits per heavy atom. The van der Waals surface area contributed by atoms with Gasteiger partial charge in [0.1, 0.15) is 33.7 Å². The number of aromatic nitrogens is 8. The van der Waals surface area contributed by atoms with Crippen LogP contribution in [0.1, 0.15) is 145 Å². The highest BCUT2D eigenvalue weighted by atomic mass is 16.4. The monoisotopic (exact) mass is 1390 g/mol. The van der Waals surface area contributed by atoms with Gasteiger partial charge in [-0.2, -0.15) is 18.3 Å². The van der Waals surface area contributed by atoms with E-state index in [1.807, 2.05) is 69.8 Å². The molecule has 104 heavy (non-hydrogen) atoms. The first-order chi connectivity index (χ1) is 48.2. The van der Waals surface area contributed by atoms with Crippen molar-refractivity contribution < 1.29 is 35.9 Å². The van der Waals surface area contributed by atoms with Crippen molar-refractivity contribution in [3.05, 3.63) is 260 Å². The average Bonchev–Trinajstić information content (AvgIpc) is 1.59. The Hall–Kier alpha value is -11.0. The maximum Gasteiger partial charge on any atom is 0.401 e. The molecule has 0 saturated heterocycles. The number of pyridine rings is 4. The Balaban J connectivity index is 0.000000161. The molecule has 534 valence electrons. The molecule has 15 rings (SSSR count). The van der Waals surface area contributed by atoms with Gasteiger partial charge in [0, 0.05) is 63.2 Å². The van der Waals surface area contributed by atoms with Crippen LogP contribution in [-0.4, -0.2) is 19.9 Å². The van der Waals surface area contributed by atoms with Crippen molar-refractivity contribution in [2.75, 3.05) is 0 Å². The number of rotatable bonds is 9. The fourth-order valence-corrected chi connectivity index (χ4v) is 13.8. The van der Waals surface area contributed by atoms with Crippen LogP contribution >= 0.6 is 0 Å². The minimum Gasteiger partial charge on any atom is -0.437 e. The number of hydrogen-bond acceptors (Lipinski definition) is 8. The molecule has 0 aliphatic heterocycles. The largest absolute Gasteiger partial charge is 0.437 e. The predicted octanol–water partition coefficient (Wildman–Crippen LogP) is 22.4. The molecule has 15 aromatic rings. The van der Waals surface area contributed by atoms with E-state index < -0.39 is 0 Å². The van der Waals surface area contributed by atoms with Gasteiger partial charge in [-0.3, -0.25) is 0 Å². The van der Waals surface area contributed by atoms with Gasteiger partial charge in [-0.25, -0.2) is 19.9 Å². The molecule has 8 heterocycles. The zero-order chi connectivity index (χ0) is 72.0. The molecule has 8 aromatic heterocycles. The third-order valence-electron chi connectivity index (χ3n) is 19.9. The summed E-state index contributed by atoms with van der Waals surface area (Å²) in [5.41, 5.74) is 38.7. The summed E-state index contributed by atoms with van der Waals surface area (Å²) in [7, 11) is 8.18. The summed E-state index contributed by atoms with van der Waals surface area (Å²) in [4.78, 5) is 18.5. The molecule has 0 aliphatic carbocycles. The van der Waals surface area contributed by atoms with Crippen molar-refractivity contribution in [2.45, 2.75) is 152 Å². The molecule has 0 N–H and O–H groups in total. The summed E-state index contributed by atoms with van der Waals surface area (Å²) >= 11 is 0. The second-order valence-electron chi connectivity index (χ2n) is 28.2. The molecule has 0 atom stereocenters. The Morgan fingerprint density at radius 3 is 1.08 bits per heavy atom. The van der Waals surface area contributed by atoms with E-state index in [1.165, 1.54) is 112 Å². The van der Waals surface area contributed by atoms with Gasteiger partial charge in [0.05, 0.1) is 0 Å². The Bertz CT molecular complexity index is 5600. The molecule has 7 aromatic carbocycles. The van der Waals surface area contributed by atoms with Crippen LogP contribution in [0, 0.1) is 90.0 Å². The zero-order valence-corrected chi connectivity index (χ0v) is 62.6. The Kier molecular flexibility index (Phi) is 23.5. The summed E-state index contributed by atoms with van der Waals surface area (Å²) in [5.74, 6) is 2.81. The van der Waals surface area contributed by atoms with E-state index in [2.05, 4.69) is 279 Å². The average molecular weight is 1390 g/mol. The molecule has 0 aliphatic rings. The van der Waals surface area contributed by atoms with Crippen molar-refractivity contribution in [1.82, 2.24) is 19.9 Å². The lowest BCUT2D eigenvalue weighted by Crippen LogP contribution is -2.31. The lowest BCUT2D eigenvalue weighted by Gasteiger charge is -2.16. The smallest absolute Gasteiger partial charge is 0.401 e. The van der Waals surface area contributed by atoms with Crippen LogP contribution in [0.5, 0.6) is 0 Å². The SMILES string of the molecule is C.C.C.Cc1cc(C)c(C)c(-c2cc3ncoc3c[n+]2C)c1.Cc1cc(C)c(C)c(-c2ccc3nc(-c4c(C(C)C)cccc4C(C)C)oc3[n+]2C)c1.Cc1cc(C)c(C)c(-c2ccc3nc(-c4ccccc4)oc3[n+]2C)c1.Cc1ccc(-c2nc3ccc(-c4cc(C)cc(C)c4C)[n+](C)c3o2)cc1. The van der Waals surface area contributed by atoms with E-state index in [9.17, 15) is 0 Å². The van der Waals surface area contributed by atoms with Gasteiger partial charge in [0.15, 0.2) is 22.9 Å². The third kappa shape index (κ3) is 15.5. The minimum atomic E-state index is 0. The molecule has 0 saturated carbocycles. The highest BCUT2D eigenvalue weighted by Crippen LogP contribution is 2.38. The van der Waals surface area contributed by atoms with E-state index in [0.29, 0.717) is 29.5 Å². The van der Waals surface area contributed by atoms with Gasteiger partial charge in [0.2, 0.25) is 52.2 Å². The first-order valence-electron chi connectivity index (χ1n) is 34.9. The molecule has 0 radical (unpaired) electrons. The summed E-state index contributed by atoms with van der Waals surface area (Å²) in [6.07, 6.45) is 3.47. The summed E-state index contributed by atoms with van der Waals surface area (Å²) in [6.45, 7) is 36.9. The van der Waals surface area contributed by atoms with Crippen LogP contribution in [0.25, 0.3) is 124 Å². The molecule has 0 bridgehead atoms. The van der Waals surface area contributed by atoms with Crippen LogP contribution in [-0.2, 0) is 28.2 Å². The summed E-state index contributed by atoms with van der Waals surface area (Å²) < 4.78 is 32.5. The highest BCUT2D eigenvalue weighted by Gasteiger charge is 2.28. The number of oxazole rings is 4. The number of nitrogens with zero attached hydrogens (tertiary/aromatic N) is 8. The third-order valence-corrected chi connectivity index (χ3v) is 19.9. The van der Waals surface area contributed by atoms with Gasteiger partial charge in [-0.05, 0) is 224 Å². The molecular weight excluding hydrogens is 1280 g/mol. The first kappa shape index (κ1) is 77.2. The topological polar surface area (TPSA) is 120 Å². The van der Waals surface area contributed by atoms with Crippen LogP contribution in [0.3, 0.4) is 0 Å². The van der Waals surface area contributed by atoms with Crippen LogP contribution in [0.15, 0.2) is 194 Å².